The minimum absolute atomic E-state index is 0.719. The maximum atomic E-state index is 3.76. The molecule has 1 aliphatic carbocycles. The van der Waals surface area contributed by atoms with Gasteiger partial charge >= 0.3 is 0 Å². The van der Waals surface area contributed by atoms with E-state index in [1.165, 1.54) is 42.4 Å². The van der Waals surface area contributed by atoms with Gasteiger partial charge in [0.2, 0.25) is 0 Å². The van der Waals surface area contributed by atoms with Crippen molar-refractivity contribution in [3.8, 4) is 0 Å². The molecular formula is C16H25NS. The summed E-state index contributed by atoms with van der Waals surface area (Å²) in [6, 6.07) is 7.47. The number of benzene rings is 1. The molecule has 1 aromatic carbocycles. The zero-order valence-corrected chi connectivity index (χ0v) is 12.6. The Kier molecular flexibility index (Phi) is 5.13. The zero-order valence-electron chi connectivity index (χ0n) is 11.8. The summed E-state index contributed by atoms with van der Waals surface area (Å²) in [4.78, 5) is 0. The monoisotopic (exact) mass is 263 g/mol. The fourth-order valence-electron chi connectivity index (χ4n) is 2.79. The molecule has 1 N–H and O–H groups in total. The molecule has 2 unspecified atom stereocenters. The molecule has 0 radical (unpaired) electrons. The highest BCUT2D eigenvalue weighted by Crippen LogP contribution is 2.27. The van der Waals surface area contributed by atoms with Crippen LogP contribution in [0.15, 0.2) is 18.2 Å². The Hall–Kier alpha value is -0.470. The summed E-state index contributed by atoms with van der Waals surface area (Å²) in [6.45, 7) is 5.41. The molecule has 100 valence electrons. The highest BCUT2D eigenvalue weighted by Gasteiger charge is 2.20. The lowest BCUT2D eigenvalue weighted by molar-refractivity contribution is 0.379. The molecule has 1 saturated carbocycles. The number of nitrogens with one attached hydrogen (secondary N) is 1. The molecule has 1 aromatic rings. The predicted molar refractivity (Wildman–Crippen MR) is 82.3 cm³/mol. The molecule has 0 spiro atoms. The lowest BCUT2D eigenvalue weighted by Gasteiger charge is -2.29. The molecular weight excluding hydrogens is 238 g/mol. The molecule has 1 aliphatic rings. The van der Waals surface area contributed by atoms with Crippen LogP contribution in [0.2, 0.25) is 0 Å². The summed E-state index contributed by atoms with van der Waals surface area (Å²) in [6.07, 6.45) is 7.73. The highest BCUT2D eigenvalue weighted by molar-refractivity contribution is 7.99. The Morgan fingerprint density at radius 2 is 2.11 bits per heavy atom. The van der Waals surface area contributed by atoms with Crippen molar-refractivity contribution in [1.29, 1.82) is 0 Å². The fraction of sp³-hybridized carbons (Fsp3) is 0.625. The third kappa shape index (κ3) is 3.76. The van der Waals surface area contributed by atoms with E-state index in [4.69, 9.17) is 0 Å². The van der Waals surface area contributed by atoms with Crippen molar-refractivity contribution < 1.29 is 0 Å². The van der Waals surface area contributed by atoms with Crippen LogP contribution in [0.3, 0.4) is 0 Å². The summed E-state index contributed by atoms with van der Waals surface area (Å²) in [5.41, 5.74) is 4.23. The van der Waals surface area contributed by atoms with E-state index >= 15 is 0 Å². The van der Waals surface area contributed by atoms with Gasteiger partial charge in [-0.15, -0.1) is 0 Å². The molecule has 2 heteroatoms. The zero-order chi connectivity index (χ0) is 13.0. The Labute approximate surface area is 116 Å². The van der Waals surface area contributed by atoms with Gasteiger partial charge in [0.25, 0.3) is 0 Å². The van der Waals surface area contributed by atoms with Crippen LogP contribution in [-0.2, 0) is 6.54 Å². The Morgan fingerprint density at radius 3 is 2.89 bits per heavy atom. The van der Waals surface area contributed by atoms with E-state index < -0.39 is 0 Å². The third-order valence-electron chi connectivity index (χ3n) is 4.05. The maximum Gasteiger partial charge on any atom is 0.0210 e. The summed E-state index contributed by atoms with van der Waals surface area (Å²) in [5.74, 6) is 0. The second-order valence-corrected chi connectivity index (χ2v) is 6.67. The predicted octanol–water partition coefficient (Wildman–Crippen LogP) is 4.07. The molecule has 0 saturated heterocycles. The highest BCUT2D eigenvalue weighted by atomic mass is 32.2. The first-order valence-corrected chi connectivity index (χ1v) is 8.30. The number of aryl methyl sites for hydroxylation is 2. The van der Waals surface area contributed by atoms with Crippen molar-refractivity contribution in [2.75, 3.05) is 6.26 Å². The normalized spacial score (nSPS) is 24.2. The maximum absolute atomic E-state index is 3.76. The minimum atomic E-state index is 0.719. The van der Waals surface area contributed by atoms with Crippen molar-refractivity contribution in [3.63, 3.8) is 0 Å². The van der Waals surface area contributed by atoms with Crippen molar-refractivity contribution in [3.05, 3.63) is 34.9 Å². The van der Waals surface area contributed by atoms with E-state index in [1.807, 2.05) is 11.8 Å². The first kappa shape index (κ1) is 14.0. The minimum Gasteiger partial charge on any atom is -0.310 e. The Bertz CT molecular complexity index is 389. The molecule has 2 rings (SSSR count). The van der Waals surface area contributed by atoms with E-state index in [-0.39, 0.29) is 0 Å². The van der Waals surface area contributed by atoms with Gasteiger partial charge in [0.05, 0.1) is 0 Å². The first-order chi connectivity index (χ1) is 8.69. The van der Waals surface area contributed by atoms with Crippen LogP contribution < -0.4 is 5.32 Å². The fourth-order valence-corrected chi connectivity index (χ4v) is 3.62. The van der Waals surface area contributed by atoms with Crippen LogP contribution >= 0.6 is 11.8 Å². The quantitative estimate of drug-likeness (QED) is 0.879. The molecule has 0 aromatic heterocycles. The standard InChI is InChI=1S/C16H25NS/c1-12-7-8-13(2)14(9-12)11-17-15-5-4-6-16(10-15)18-3/h7-9,15-17H,4-6,10-11H2,1-3H3. The van der Waals surface area contributed by atoms with Gasteiger partial charge in [-0.3, -0.25) is 0 Å². The molecule has 1 fully saturated rings. The SMILES string of the molecule is CSC1CCCC(NCc2cc(C)ccc2C)C1. The van der Waals surface area contributed by atoms with E-state index in [0.29, 0.717) is 0 Å². The number of hydrogen-bond donors (Lipinski definition) is 1. The van der Waals surface area contributed by atoms with Crippen molar-refractivity contribution in [2.24, 2.45) is 0 Å². The second kappa shape index (κ2) is 6.63. The largest absolute Gasteiger partial charge is 0.310 e. The van der Waals surface area contributed by atoms with Crippen LogP contribution in [0.5, 0.6) is 0 Å². The van der Waals surface area contributed by atoms with Gasteiger partial charge < -0.3 is 5.32 Å². The van der Waals surface area contributed by atoms with Gasteiger partial charge in [0.15, 0.2) is 0 Å². The average molecular weight is 263 g/mol. The average Bonchev–Trinajstić information content (AvgIpc) is 2.40. The summed E-state index contributed by atoms with van der Waals surface area (Å²) in [7, 11) is 0. The molecule has 0 amide bonds. The van der Waals surface area contributed by atoms with E-state index in [2.05, 4.69) is 43.6 Å². The van der Waals surface area contributed by atoms with Gasteiger partial charge in [-0.25, -0.2) is 0 Å². The van der Waals surface area contributed by atoms with Crippen molar-refractivity contribution in [1.82, 2.24) is 5.32 Å². The van der Waals surface area contributed by atoms with Crippen LogP contribution in [0.25, 0.3) is 0 Å². The van der Waals surface area contributed by atoms with E-state index in [9.17, 15) is 0 Å². The Balaban J connectivity index is 1.89. The molecule has 0 bridgehead atoms. The molecule has 1 nitrogen and oxygen atoms in total. The van der Waals surface area contributed by atoms with E-state index in [0.717, 1.165) is 17.8 Å². The van der Waals surface area contributed by atoms with E-state index in [1.54, 1.807) is 0 Å². The molecule has 0 heterocycles. The Morgan fingerprint density at radius 1 is 1.28 bits per heavy atom. The van der Waals surface area contributed by atoms with Gasteiger partial charge in [-0.2, -0.15) is 11.8 Å². The van der Waals surface area contributed by atoms with Gasteiger partial charge in [-0.1, -0.05) is 30.2 Å². The van der Waals surface area contributed by atoms with Crippen molar-refractivity contribution in [2.45, 2.75) is 57.4 Å². The lowest BCUT2D eigenvalue weighted by atomic mass is 9.94. The first-order valence-electron chi connectivity index (χ1n) is 7.01. The van der Waals surface area contributed by atoms with Crippen LogP contribution in [0.1, 0.15) is 42.4 Å². The van der Waals surface area contributed by atoms with Gasteiger partial charge in [-0.05, 0) is 50.5 Å². The lowest BCUT2D eigenvalue weighted by Crippen LogP contribution is -2.34. The smallest absolute Gasteiger partial charge is 0.0210 e. The number of thioether (sulfide) groups is 1. The summed E-state index contributed by atoms with van der Waals surface area (Å²) in [5, 5.41) is 4.63. The molecule has 2 atom stereocenters. The van der Waals surface area contributed by atoms with Gasteiger partial charge in [0.1, 0.15) is 0 Å². The van der Waals surface area contributed by atoms with Crippen LogP contribution in [0.4, 0.5) is 0 Å². The second-order valence-electron chi connectivity index (χ2n) is 5.53. The number of rotatable bonds is 4. The summed E-state index contributed by atoms with van der Waals surface area (Å²) < 4.78 is 0. The van der Waals surface area contributed by atoms with Crippen LogP contribution in [0, 0.1) is 13.8 Å². The molecule has 18 heavy (non-hydrogen) atoms. The molecule has 0 aliphatic heterocycles. The van der Waals surface area contributed by atoms with Crippen LogP contribution in [-0.4, -0.2) is 17.5 Å². The van der Waals surface area contributed by atoms with Crippen molar-refractivity contribution >= 4 is 11.8 Å². The summed E-state index contributed by atoms with van der Waals surface area (Å²) >= 11 is 2.04. The topological polar surface area (TPSA) is 12.0 Å². The van der Waals surface area contributed by atoms with Gasteiger partial charge in [0, 0.05) is 17.8 Å². The third-order valence-corrected chi connectivity index (χ3v) is 5.14. The number of hydrogen-bond acceptors (Lipinski definition) is 2.